The van der Waals surface area contributed by atoms with Gasteiger partial charge in [0.15, 0.2) is 0 Å². The van der Waals surface area contributed by atoms with E-state index in [1.165, 1.54) is 5.56 Å². The summed E-state index contributed by atoms with van der Waals surface area (Å²) in [6, 6.07) is 11.0. The highest BCUT2D eigenvalue weighted by atomic mass is 15.0. The van der Waals surface area contributed by atoms with Crippen molar-refractivity contribution in [2.45, 2.75) is 26.4 Å². The molecule has 0 amide bonds. The number of hydrogen-bond acceptors (Lipinski definition) is 1. The number of imidazole rings is 1. The number of benzene rings is 1. The Kier molecular flexibility index (Phi) is 3.37. The van der Waals surface area contributed by atoms with Crippen molar-refractivity contribution >= 4 is 0 Å². The minimum atomic E-state index is 0.470. The van der Waals surface area contributed by atoms with Crippen molar-refractivity contribution in [1.29, 1.82) is 0 Å². The first kappa shape index (κ1) is 10.9. The standard InChI is InChI=1S/C13H17N3/c1-10(12-6-4-3-5-7-12)14-8-13-11(2)15-9-16-13/h3-7,9-10,14H,8H2,1-2H3,(H,15,16)/p+1/t10-/m0/s1. The monoisotopic (exact) mass is 216 g/mol. The van der Waals surface area contributed by atoms with Crippen LogP contribution in [0.1, 0.15) is 29.9 Å². The van der Waals surface area contributed by atoms with Crippen molar-refractivity contribution in [2.75, 3.05) is 0 Å². The van der Waals surface area contributed by atoms with Crippen LogP contribution in [0.25, 0.3) is 0 Å². The van der Waals surface area contributed by atoms with Crippen LogP contribution in [0.3, 0.4) is 0 Å². The molecule has 0 saturated carbocycles. The molecule has 0 unspecified atom stereocenters. The average Bonchev–Trinajstić information content (AvgIpc) is 2.73. The lowest BCUT2D eigenvalue weighted by Crippen LogP contribution is -2.83. The van der Waals surface area contributed by atoms with Crippen LogP contribution >= 0.6 is 0 Å². The number of nitrogens with zero attached hydrogens (tertiary/aromatic N) is 1. The predicted octanol–water partition coefficient (Wildman–Crippen LogP) is 1.54. The molecule has 0 aliphatic heterocycles. The molecule has 2 aromatic rings. The zero-order chi connectivity index (χ0) is 11.4. The maximum absolute atomic E-state index is 4.29. The molecular weight excluding hydrogens is 198 g/mol. The highest BCUT2D eigenvalue weighted by Crippen LogP contribution is 2.07. The van der Waals surface area contributed by atoms with Crippen LogP contribution in [0.2, 0.25) is 0 Å². The third-order valence-corrected chi connectivity index (χ3v) is 2.92. The largest absolute Gasteiger partial charge is 0.348 e. The molecule has 0 saturated heterocycles. The SMILES string of the molecule is Cc1[nH]cnc1C[NH2+][C@@H](C)c1ccccc1. The molecule has 0 aliphatic carbocycles. The van der Waals surface area contributed by atoms with Gasteiger partial charge in [-0.05, 0) is 13.8 Å². The van der Waals surface area contributed by atoms with Crippen LogP contribution in [0.5, 0.6) is 0 Å². The number of quaternary nitrogens is 1. The smallest absolute Gasteiger partial charge is 0.121 e. The Morgan fingerprint density at radius 1 is 1.31 bits per heavy atom. The number of H-pyrrole nitrogens is 1. The molecule has 0 aliphatic rings. The van der Waals surface area contributed by atoms with Crippen molar-refractivity contribution < 1.29 is 5.32 Å². The van der Waals surface area contributed by atoms with E-state index < -0.39 is 0 Å². The molecule has 84 valence electrons. The molecule has 0 spiro atoms. The first-order chi connectivity index (χ1) is 7.77. The zero-order valence-corrected chi connectivity index (χ0v) is 9.77. The summed E-state index contributed by atoms with van der Waals surface area (Å²) in [6.07, 6.45) is 1.76. The number of hydrogen-bond donors (Lipinski definition) is 2. The first-order valence-corrected chi connectivity index (χ1v) is 5.64. The van der Waals surface area contributed by atoms with Crippen LogP contribution < -0.4 is 5.32 Å². The van der Waals surface area contributed by atoms with E-state index in [1.54, 1.807) is 6.33 Å². The summed E-state index contributed by atoms with van der Waals surface area (Å²) >= 11 is 0. The van der Waals surface area contributed by atoms with Gasteiger partial charge in [-0.15, -0.1) is 0 Å². The number of rotatable bonds is 4. The molecule has 2 rings (SSSR count). The zero-order valence-electron chi connectivity index (χ0n) is 9.77. The van der Waals surface area contributed by atoms with E-state index in [9.17, 15) is 0 Å². The molecule has 0 bridgehead atoms. The van der Waals surface area contributed by atoms with E-state index in [2.05, 4.69) is 53.4 Å². The lowest BCUT2D eigenvalue weighted by molar-refractivity contribution is -0.708. The van der Waals surface area contributed by atoms with E-state index in [4.69, 9.17) is 0 Å². The second-order valence-corrected chi connectivity index (χ2v) is 4.11. The van der Waals surface area contributed by atoms with Crippen molar-refractivity contribution in [2.24, 2.45) is 0 Å². The van der Waals surface area contributed by atoms with Gasteiger partial charge in [0.2, 0.25) is 0 Å². The molecule has 16 heavy (non-hydrogen) atoms. The predicted molar refractivity (Wildman–Crippen MR) is 63.8 cm³/mol. The van der Waals surface area contributed by atoms with E-state index in [0.29, 0.717) is 6.04 Å². The third-order valence-electron chi connectivity index (χ3n) is 2.92. The van der Waals surface area contributed by atoms with Crippen LogP contribution in [0, 0.1) is 6.92 Å². The van der Waals surface area contributed by atoms with Crippen LogP contribution in [0.15, 0.2) is 36.7 Å². The van der Waals surface area contributed by atoms with Crippen molar-refractivity contribution in [3.05, 3.63) is 53.6 Å². The van der Waals surface area contributed by atoms with E-state index in [1.807, 2.05) is 6.07 Å². The van der Waals surface area contributed by atoms with Crippen LogP contribution in [0.4, 0.5) is 0 Å². The lowest BCUT2D eigenvalue weighted by atomic mass is 10.1. The fourth-order valence-electron chi connectivity index (χ4n) is 1.77. The average molecular weight is 216 g/mol. The fraction of sp³-hybridized carbons (Fsp3) is 0.308. The molecule has 0 radical (unpaired) electrons. The highest BCUT2D eigenvalue weighted by Gasteiger charge is 2.09. The van der Waals surface area contributed by atoms with Gasteiger partial charge in [0.25, 0.3) is 0 Å². The van der Waals surface area contributed by atoms with E-state index in [0.717, 1.165) is 17.9 Å². The van der Waals surface area contributed by atoms with Crippen LogP contribution in [-0.4, -0.2) is 9.97 Å². The van der Waals surface area contributed by atoms with Gasteiger partial charge in [-0.25, -0.2) is 4.98 Å². The minimum absolute atomic E-state index is 0.470. The van der Waals surface area contributed by atoms with Gasteiger partial charge < -0.3 is 10.3 Å². The Morgan fingerprint density at radius 3 is 2.69 bits per heavy atom. The maximum Gasteiger partial charge on any atom is 0.121 e. The first-order valence-electron chi connectivity index (χ1n) is 5.64. The number of aromatic amines is 1. The van der Waals surface area contributed by atoms with Crippen molar-refractivity contribution in [3.8, 4) is 0 Å². The van der Waals surface area contributed by atoms with Gasteiger partial charge >= 0.3 is 0 Å². The summed E-state index contributed by atoms with van der Waals surface area (Å²) in [7, 11) is 0. The van der Waals surface area contributed by atoms with Gasteiger partial charge in [0.05, 0.1) is 6.33 Å². The molecule has 0 fully saturated rings. The Morgan fingerprint density at radius 2 is 2.06 bits per heavy atom. The summed E-state index contributed by atoms with van der Waals surface area (Å²) < 4.78 is 0. The highest BCUT2D eigenvalue weighted by molar-refractivity contribution is 5.16. The Labute approximate surface area is 95.9 Å². The number of nitrogens with one attached hydrogen (secondary N) is 1. The molecule has 3 nitrogen and oxygen atoms in total. The molecule has 1 heterocycles. The summed E-state index contributed by atoms with van der Waals surface area (Å²) in [5.41, 5.74) is 3.66. The third kappa shape index (κ3) is 2.49. The van der Waals surface area contributed by atoms with Gasteiger partial charge in [-0.2, -0.15) is 0 Å². The molecule has 1 aromatic carbocycles. The molecule has 3 N–H and O–H groups in total. The van der Waals surface area contributed by atoms with Crippen LogP contribution in [-0.2, 0) is 6.54 Å². The summed E-state index contributed by atoms with van der Waals surface area (Å²) in [4.78, 5) is 7.40. The summed E-state index contributed by atoms with van der Waals surface area (Å²) in [6.45, 7) is 5.20. The Balaban J connectivity index is 1.94. The number of aryl methyl sites for hydroxylation is 1. The maximum atomic E-state index is 4.29. The molecule has 1 atom stereocenters. The van der Waals surface area contributed by atoms with E-state index in [-0.39, 0.29) is 0 Å². The Bertz CT molecular complexity index is 433. The molecular formula is C13H18N3+. The molecule has 3 heteroatoms. The fourth-order valence-corrected chi connectivity index (χ4v) is 1.77. The quantitative estimate of drug-likeness (QED) is 0.800. The number of aromatic nitrogens is 2. The molecule has 1 aromatic heterocycles. The lowest BCUT2D eigenvalue weighted by Gasteiger charge is -2.10. The van der Waals surface area contributed by atoms with Gasteiger partial charge in [0, 0.05) is 11.3 Å². The van der Waals surface area contributed by atoms with Crippen molar-refractivity contribution in [1.82, 2.24) is 9.97 Å². The van der Waals surface area contributed by atoms with E-state index >= 15 is 0 Å². The summed E-state index contributed by atoms with van der Waals surface area (Å²) in [5, 5.41) is 2.30. The number of nitrogens with two attached hydrogens (primary N) is 1. The second kappa shape index (κ2) is 4.94. The van der Waals surface area contributed by atoms with Gasteiger partial charge in [0.1, 0.15) is 18.3 Å². The topological polar surface area (TPSA) is 45.3 Å². The van der Waals surface area contributed by atoms with Gasteiger partial charge in [-0.1, -0.05) is 30.3 Å². The second-order valence-electron chi connectivity index (χ2n) is 4.11. The summed E-state index contributed by atoms with van der Waals surface area (Å²) in [5.74, 6) is 0. The van der Waals surface area contributed by atoms with Gasteiger partial charge in [-0.3, -0.25) is 0 Å². The minimum Gasteiger partial charge on any atom is -0.348 e. The van der Waals surface area contributed by atoms with Crippen molar-refractivity contribution in [3.63, 3.8) is 0 Å². The normalized spacial score (nSPS) is 12.6. The Hall–Kier alpha value is -1.61.